The lowest BCUT2D eigenvalue weighted by atomic mass is 10.1. The van der Waals surface area contributed by atoms with Crippen LogP contribution in [0, 0.1) is 6.92 Å². The molecule has 4 nitrogen and oxygen atoms in total. The van der Waals surface area contributed by atoms with Crippen LogP contribution in [0.2, 0.25) is 0 Å². The summed E-state index contributed by atoms with van der Waals surface area (Å²) in [6.45, 7) is 9.57. The number of aryl methyl sites for hydroxylation is 1. The fourth-order valence-electron chi connectivity index (χ4n) is 2.62. The molecule has 2 aromatic carbocycles. The molecule has 0 saturated carbocycles. The minimum absolute atomic E-state index is 0.643. The van der Waals surface area contributed by atoms with Crippen molar-refractivity contribution < 1.29 is 4.79 Å². The maximum Gasteiger partial charge on any atom is 0.150 e. The van der Waals surface area contributed by atoms with E-state index in [1.807, 2.05) is 56.6 Å². The maximum absolute atomic E-state index is 11.2. The average Bonchev–Trinajstić information content (AvgIpc) is 2.74. The van der Waals surface area contributed by atoms with Gasteiger partial charge in [0, 0.05) is 40.5 Å². The van der Waals surface area contributed by atoms with Gasteiger partial charge in [-0.25, -0.2) is 4.98 Å². The Balaban J connectivity index is 0.000000234. The van der Waals surface area contributed by atoms with Crippen LogP contribution in [0.3, 0.4) is 0 Å². The van der Waals surface area contributed by atoms with Crippen LogP contribution < -0.4 is 10.0 Å². The highest BCUT2D eigenvalue weighted by atomic mass is 32.2. The van der Waals surface area contributed by atoms with Crippen molar-refractivity contribution in [2.45, 2.75) is 6.92 Å². The highest BCUT2D eigenvalue weighted by molar-refractivity contribution is 8.10. The van der Waals surface area contributed by atoms with Crippen LogP contribution in [0.1, 0.15) is 21.6 Å². The normalized spacial score (nSPS) is 9.90. The van der Waals surface area contributed by atoms with Crippen LogP contribution in [0.15, 0.2) is 67.1 Å². The second kappa shape index (κ2) is 11.3. The number of thioether (sulfide) groups is 1. The Morgan fingerprint density at radius 2 is 1.90 bits per heavy atom. The third-order valence-electron chi connectivity index (χ3n) is 4.01. The molecule has 0 aliphatic rings. The third kappa shape index (κ3) is 6.41. The quantitative estimate of drug-likeness (QED) is 0.329. The molecule has 1 aromatic heterocycles. The van der Waals surface area contributed by atoms with Gasteiger partial charge in [-0.3, -0.25) is 4.79 Å². The van der Waals surface area contributed by atoms with Gasteiger partial charge in [-0.05, 0) is 48.7 Å². The van der Waals surface area contributed by atoms with Crippen molar-refractivity contribution in [1.82, 2.24) is 4.98 Å². The third-order valence-corrected chi connectivity index (χ3v) is 5.11. The molecule has 0 aliphatic carbocycles. The second-order valence-corrected chi connectivity index (χ2v) is 7.75. The molecule has 1 heterocycles. The number of fused-ring (bicyclic) bond motifs is 1. The molecule has 0 fully saturated rings. The Morgan fingerprint density at radius 3 is 2.55 bits per heavy atom. The van der Waals surface area contributed by atoms with Gasteiger partial charge in [0.05, 0.1) is 11.2 Å². The molecule has 3 rings (SSSR count). The van der Waals surface area contributed by atoms with Gasteiger partial charge in [0.15, 0.2) is 6.29 Å². The second-order valence-electron chi connectivity index (χ2n) is 6.08. The Bertz CT molecular complexity index is 1020. The first kappa shape index (κ1) is 22.6. The summed E-state index contributed by atoms with van der Waals surface area (Å²) in [7, 11) is 1.91. The number of carbonyl (C=O) groups is 1. The number of anilines is 2. The number of carbonyl (C=O) groups excluding carboxylic acids is 1. The molecule has 6 heteroatoms. The van der Waals surface area contributed by atoms with E-state index >= 15 is 0 Å². The highest BCUT2D eigenvalue weighted by Gasteiger charge is 2.07. The summed E-state index contributed by atoms with van der Waals surface area (Å²) in [4.78, 5) is 16.5. The number of benzene rings is 2. The molecule has 3 aromatic rings. The van der Waals surface area contributed by atoms with Crippen molar-refractivity contribution in [2.24, 2.45) is 0 Å². The minimum atomic E-state index is 0.643. The molecule has 0 spiro atoms. The van der Waals surface area contributed by atoms with Gasteiger partial charge in [-0.15, -0.1) is 0 Å². The van der Waals surface area contributed by atoms with Gasteiger partial charge < -0.3 is 10.0 Å². The fraction of sp³-hybridized carbons (Fsp3) is 0.130. The van der Waals surface area contributed by atoms with Crippen molar-refractivity contribution in [3.63, 3.8) is 0 Å². The molecule has 2 N–H and O–H groups in total. The number of aldehydes is 1. The van der Waals surface area contributed by atoms with Crippen molar-refractivity contribution >= 4 is 57.2 Å². The Morgan fingerprint density at radius 1 is 1.14 bits per heavy atom. The number of aromatic nitrogens is 1. The number of nitrogens with zero attached hydrogens (tertiary/aromatic N) is 1. The molecule has 0 unspecified atom stereocenters. The predicted octanol–water partition coefficient (Wildman–Crippen LogP) is 6.62. The van der Waals surface area contributed by atoms with Crippen LogP contribution in [0.5, 0.6) is 0 Å². The molecule has 29 heavy (non-hydrogen) atoms. The zero-order chi connectivity index (χ0) is 21.2. The van der Waals surface area contributed by atoms with E-state index in [-0.39, 0.29) is 0 Å². The van der Waals surface area contributed by atoms with Crippen molar-refractivity contribution in [1.29, 1.82) is 0 Å². The van der Waals surface area contributed by atoms with Crippen molar-refractivity contribution in [3.8, 4) is 0 Å². The van der Waals surface area contributed by atoms with E-state index in [0.717, 1.165) is 44.7 Å². The van der Waals surface area contributed by atoms with Crippen LogP contribution in [0.25, 0.3) is 15.8 Å². The van der Waals surface area contributed by atoms with E-state index in [1.165, 1.54) is 11.8 Å². The summed E-state index contributed by atoms with van der Waals surface area (Å²) in [6, 6.07) is 15.8. The van der Waals surface area contributed by atoms with Crippen LogP contribution in [0.4, 0.5) is 11.4 Å². The van der Waals surface area contributed by atoms with E-state index in [1.54, 1.807) is 23.4 Å². The molecule has 0 saturated heterocycles. The molecule has 150 valence electrons. The monoisotopic (exact) mass is 423 g/mol. The summed E-state index contributed by atoms with van der Waals surface area (Å²) < 4.78 is 3.16. The molecule has 0 amide bonds. The maximum atomic E-state index is 11.2. The zero-order valence-electron chi connectivity index (χ0n) is 16.9. The Kier molecular flexibility index (Phi) is 8.83. The van der Waals surface area contributed by atoms with E-state index in [2.05, 4.69) is 34.2 Å². The van der Waals surface area contributed by atoms with Crippen molar-refractivity contribution in [2.75, 3.05) is 23.3 Å². The van der Waals surface area contributed by atoms with Crippen LogP contribution in [-0.4, -0.2) is 24.6 Å². The molecule has 0 bridgehead atoms. The lowest BCUT2D eigenvalue weighted by Gasteiger charge is -2.07. The Hall–Kier alpha value is -2.70. The van der Waals surface area contributed by atoms with E-state index in [9.17, 15) is 4.79 Å². The van der Waals surface area contributed by atoms with Crippen LogP contribution in [-0.2, 0) is 0 Å². The topological polar surface area (TPSA) is 54.0 Å². The lowest BCUT2D eigenvalue weighted by Crippen LogP contribution is -1.93. The number of rotatable bonds is 7. The first-order chi connectivity index (χ1) is 14.0. The number of hydrogen-bond acceptors (Lipinski definition) is 6. The highest BCUT2D eigenvalue weighted by Crippen LogP contribution is 2.28. The van der Waals surface area contributed by atoms with Gasteiger partial charge >= 0.3 is 0 Å². The number of nitrogens with one attached hydrogen (secondary N) is 2. The summed E-state index contributed by atoms with van der Waals surface area (Å²) in [5.74, 6) is 0. The predicted molar refractivity (Wildman–Crippen MR) is 132 cm³/mol. The van der Waals surface area contributed by atoms with E-state index in [0.29, 0.717) is 5.56 Å². The molecular formula is C23H25N3OS2. The zero-order valence-corrected chi connectivity index (χ0v) is 18.5. The SMILES string of the molecule is C=CSC(=C)c1cc(C=O)c2cc(C)ccc2n1.CNc1cccc(NSC)c1. The largest absolute Gasteiger partial charge is 0.388 e. The fourth-order valence-corrected chi connectivity index (χ4v) is 3.41. The summed E-state index contributed by atoms with van der Waals surface area (Å²) in [5.41, 5.74) is 5.54. The smallest absolute Gasteiger partial charge is 0.150 e. The summed E-state index contributed by atoms with van der Waals surface area (Å²) in [5, 5.41) is 5.65. The van der Waals surface area contributed by atoms with E-state index in [4.69, 9.17) is 0 Å². The Labute approximate surface area is 181 Å². The van der Waals surface area contributed by atoms with Gasteiger partial charge in [-0.1, -0.05) is 54.6 Å². The number of hydrogen-bond donors (Lipinski definition) is 2. The summed E-state index contributed by atoms with van der Waals surface area (Å²) in [6.07, 6.45) is 2.87. The van der Waals surface area contributed by atoms with Gasteiger partial charge in [0.25, 0.3) is 0 Å². The average molecular weight is 424 g/mol. The standard InChI is InChI=1S/C15H13NOS.C8H12N2S/c1-4-18-11(3)15-8-12(9-17)13-7-10(2)5-6-14(13)16-15;1-9-7-4-3-5-8(6-7)10-11-2/h4-9H,1,3H2,2H3;3-6,9-10H,1-2H3. The first-order valence-corrected chi connectivity index (χ1v) is 11.0. The van der Waals surface area contributed by atoms with E-state index < -0.39 is 0 Å². The summed E-state index contributed by atoms with van der Waals surface area (Å²) >= 11 is 3.00. The van der Waals surface area contributed by atoms with Gasteiger partial charge in [0.2, 0.25) is 0 Å². The first-order valence-electron chi connectivity index (χ1n) is 8.92. The van der Waals surface area contributed by atoms with Gasteiger partial charge in [0.1, 0.15) is 0 Å². The van der Waals surface area contributed by atoms with Gasteiger partial charge in [-0.2, -0.15) is 0 Å². The lowest BCUT2D eigenvalue weighted by molar-refractivity contribution is 0.112. The molecular weight excluding hydrogens is 398 g/mol. The molecule has 0 radical (unpaired) electrons. The minimum Gasteiger partial charge on any atom is -0.388 e. The molecule has 0 aliphatic heterocycles. The van der Waals surface area contributed by atoms with Crippen LogP contribution >= 0.6 is 23.7 Å². The van der Waals surface area contributed by atoms with Crippen molar-refractivity contribution in [3.05, 3.63) is 83.9 Å². The number of pyridine rings is 1. The molecule has 0 atom stereocenters.